The van der Waals surface area contributed by atoms with Crippen LogP contribution < -0.4 is 14.8 Å². The zero-order valence-corrected chi connectivity index (χ0v) is 18.0. The van der Waals surface area contributed by atoms with Crippen molar-refractivity contribution < 1.29 is 19.0 Å². The maximum Gasteiger partial charge on any atom is 0.220 e. The number of benzene rings is 1. The molecule has 0 spiro atoms. The third-order valence-corrected chi connectivity index (χ3v) is 5.97. The van der Waals surface area contributed by atoms with Gasteiger partial charge in [-0.25, -0.2) is 0 Å². The standard InChI is InChI=1S/C23H36N2O4/c1-3-28-22-15-19(6-8-21(22)27-2)17-25-12-10-18(11-13-25)7-9-23(26)24-16-20-5-4-14-29-20/h6,8,15,18,20H,3-5,7,9-14,16-17H2,1-2H3,(H,24,26)/t20-/m1/s1. The second kappa shape index (κ2) is 11.4. The summed E-state index contributed by atoms with van der Waals surface area (Å²) in [7, 11) is 1.67. The highest BCUT2D eigenvalue weighted by molar-refractivity contribution is 5.75. The maximum atomic E-state index is 12.1. The van der Waals surface area contributed by atoms with Crippen molar-refractivity contribution in [3.05, 3.63) is 23.8 Å². The summed E-state index contributed by atoms with van der Waals surface area (Å²) in [5.74, 6) is 2.42. The molecule has 0 bridgehead atoms. The summed E-state index contributed by atoms with van der Waals surface area (Å²) >= 11 is 0. The van der Waals surface area contributed by atoms with Crippen LogP contribution in [-0.4, -0.2) is 56.9 Å². The van der Waals surface area contributed by atoms with Gasteiger partial charge in [0.15, 0.2) is 11.5 Å². The van der Waals surface area contributed by atoms with Gasteiger partial charge in [0.2, 0.25) is 5.91 Å². The van der Waals surface area contributed by atoms with Crippen molar-refractivity contribution in [2.24, 2.45) is 5.92 Å². The monoisotopic (exact) mass is 404 g/mol. The van der Waals surface area contributed by atoms with Crippen LogP contribution >= 0.6 is 0 Å². The molecule has 2 aliphatic rings. The normalized spacial score (nSPS) is 20.6. The van der Waals surface area contributed by atoms with Gasteiger partial charge in [0, 0.05) is 26.1 Å². The van der Waals surface area contributed by atoms with E-state index < -0.39 is 0 Å². The predicted molar refractivity (Wildman–Crippen MR) is 113 cm³/mol. The minimum absolute atomic E-state index is 0.171. The molecule has 0 unspecified atom stereocenters. The molecule has 0 aliphatic carbocycles. The lowest BCUT2D eigenvalue weighted by atomic mass is 9.92. The second-order valence-corrected chi connectivity index (χ2v) is 8.12. The molecule has 29 heavy (non-hydrogen) atoms. The Labute approximate surface area is 174 Å². The average Bonchev–Trinajstić information content (AvgIpc) is 3.26. The molecule has 6 heteroatoms. The van der Waals surface area contributed by atoms with Gasteiger partial charge in [-0.2, -0.15) is 0 Å². The quantitative estimate of drug-likeness (QED) is 0.648. The Balaban J connectivity index is 1.35. The molecule has 0 radical (unpaired) electrons. The van der Waals surface area contributed by atoms with Gasteiger partial charge < -0.3 is 19.5 Å². The lowest BCUT2D eigenvalue weighted by Gasteiger charge is -2.32. The Morgan fingerprint density at radius 3 is 2.76 bits per heavy atom. The molecule has 1 aromatic carbocycles. The number of hydrogen-bond donors (Lipinski definition) is 1. The first-order chi connectivity index (χ1) is 14.2. The Kier molecular flexibility index (Phi) is 8.62. The van der Waals surface area contributed by atoms with Crippen molar-refractivity contribution in [3.8, 4) is 11.5 Å². The molecular formula is C23H36N2O4. The number of methoxy groups -OCH3 is 1. The molecule has 2 aliphatic heterocycles. The van der Waals surface area contributed by atoms with Crippen LogP contribution in [0.1, 0.15) is 51.0 Å². The Hall–Kier alpha value is -1.79. The number of nitrogens with zero attached hydrogens (tertiary/aromatic N) is 1. The third kappa shape index (κ3) is 6.89. The summed E-state index contributed by atoms with van der Waals surface area (Å²) in [5, 5.41) is 3.03. The van der Waals surface area contributed by atoms with E-state index >= 15 is 0 Å². The van der Waals surface area contributed by atoms with Gasteiger partial charge in [0.25, 0.3) is 0 Å². The molecule has 2 fully saturated rings. The van der Waals surface area contributed by atoms with Crippen molar-refractivity contribution in [1.29, 1.82) is 0 Å². The van der Waals surface area contributed by atoms with E-state index in [1.165, 1.54) is 5.56 Å². The molecule has 3 rings (SSSR count). The topological polar surface area (TPSA) is 60.0 Å². The number of likely N-dealkylation sites (tertiary alicyclic amines) is 1. The van der Waals surface area contributed by atoms with Crippen LogP contribution in [0.3, 0.4) is 0 Å². The lowest BCUT2D eigenvalue weighted by Crippen LogP contribution is -2.34. The first kappa shape index (κ1) is 21.9. The molecule has 0 aromatic heterocycles. The number of nitrogens with one attached hydrogen (secondary N) is 1. The number of amides is 1. The smallest absolute Gasteiger partial charge is 0.220 e. The fourth-order valence-electron chi connectivity index (χ4n) is 4.24. The highest BCUT2D eigenvalue weighted by atomic mass is 16.5. The number of ether oxygens (including phenoxy) is 3. The van der Waals surface area contributed by atoms with Crippen molar-refractivity contribution in [2.45, 2.75) is 58.1 Å². The number of hydrogen-bond acceptors (Lipinski definition) is 5. The van der Waals surface area contributed by atoms with Crippen molar-refractivity contribution in [2.75, 3.05) is 40.0 Å². The van der Waals surface area contributed by atoms with Crippen LogP contribution in [0.15, 0.2) is 18.2 Å². The summed E-state index contributed by atoms with van der Waals surface area (Å²) in [6, 6.07) is 6.20. The SMILES string of the molecule is CCOc1cc(CN2CCC(CCC(=O)NC[C@H]3CCCO3)CC2)ccc1OC. The predicted octanol–water partition coefficient (Wildman–Crippen LogP) is 3.38. The molecular weight excluding hydrogens is 368 g/mol. The van der Waals surface area contributed by atoms with E-state index in [-0.39, 0.29) is 12.0 Å². The Morgan fingerprint density at radius 1 is 1.24 bits per heavy atom. The van der Waals surface area contributed by atoms with E-state index in [4.69, 9.17) is 14.2 Å². The van der Waals surface area contributed by atoms with Gasteiger partial charge in [-0.3, -0.25) is 9.69 Å². The molecule has 0 saturated carbocycles. The molecule has 2 saturated heterocycles. The fraction of sp³-hybridized carbons (Fsp3) is 0.696. The van der Waals surface area contributed by atoms with Gasteiger partial charge in [-0.15, -0.1) is 0 Å². The third-order valence-electron chi connectivity index (χ3n) is 5.97. The van der Waals surface area contributed by atoms with Crippen molar-refractivity contribution in [1.82, 2.24) is 10.2 Å². The lowest BCUT2D eigenvalue weighted by molar-refractivity contribution is -0.122. The second-order valence-electron chi connectivity index (χ2n) is 8.12. The number of carbonyl (C=O) groups is 1. The fourth-order valence-corrected chi connectivity index (χ4v) is 4.24. The average molecular weight is 405 g/mol. The highest BCUT2D eigenvalue weighted by Crippen LogP contribution is 2.29. The van der Waals surface area contributed by atoms with E-state index in [1.807, 2.05) is 13.0 Å². The maximum absolute atomic E-state index is 12.1. The van der Waals surface area contributed by atoms with Gasteiger partial charge in [-0.05, 0) is 75.7 Å². The zero-order chi connectivity index (χ0) is 20.5. The largest absolute Gasteiger partial charge is 0.493 e. The van der Waals surface area contributed by atoms with Crippen molar-refractivity contribution >= 4 is 5.91 Å². The summed E-state index contributed by atoms with van der Waals surface area (Å²) in [6.07, 6.45) is 6.35. The zero-order valence-electron chi connectivity index (χ0n) is 18.0. The van der Waals surface area contributed by atoms with Crippen LogP contribution in [0.25, 0.3) is 0 Å². The molecule has 1 atom stereocenters. The summed E-state index contributed by atoms with van der Waals surface area (Å²) in [4.78, 5) is 14.6. The summed E-state index contributed by atoms with van der Waals surface area (Å²) in [6.45, 7) is 7.21. The van der Waals surface area contributed by atoms with E-state index in [0.29, 0.717) is 25.5 Å². The number of carbonyl (C=O) groups excluding carboxylic acids is 1. The molecule has 162 valence electrons. The first-order valence-electron chi connectivity index (χ1n) is 11.1. The van der Waals surface area contributed by atoms with E-state index in [2.05, 4.69) is 22.3 Å². The number of piperidine rings is 1. The number of rotatable bonds is 10. The molecule has 1 amide bonds. The van der Waals surface area contributed by atoms with Crippen LogP contribution in [0.2, 0.25) is 0 Å². The molecule has 1 aromatic rings. The molecule has 1 N–H and O–H groups in total. The van der Waals surface area contributed by atoms with Crippen LogP contribution in [0.5, 0.6) is 11.5 Å². The van der Waals surface area contributed by atoms with E-state index in [9.17, 15) is 4.79 Å². The van der Waals surface area contributed by atoms with Crippen LogP contribution in [0, 0.1) is 5.92 Å². The van der Waals surface area contributed by atoms with Gasteiger partial charge in [0.05, 0.1) is 19.8 Å². The highest BCUT2D eigenvalue weighted by Gasteiger charge is 2.21. The van der Waals surface area contributed by atoms with Gasteiger partial charge in [0.1, 0.15) is 0 Å². The van der Waals surface area contributed by atoms with Crippen LogP contribution in [0.4, 0.5) is 0 Å². The molecule has 2 heterocycles. The first-order valence-corrected chi connectivity index (χ1v) is 11.1. The summed E-state index contributed by atoms with van der Waals surface area (Å²) in [5.41, 5.74) is 1.25. The van der Waals surface area contributed by atoms with Gasteiger partial charge >= 0.3 is 0 Å². The minimum atomic E-state index is 0.171. The summed E-state index contributed by atoms with van der Waals surface area (Å²) < 4.78 is 16.6. The van der Waals surface area contributed by atoms with E-state index in [1.54, 1.807) is 7.11 Å². The molecule has 6 nitrogen and oxygen atoms in total. The van der Waals surface area contributed by atoms with Crippen molar-refractivity contribution in [3.63, 3.8) is 0 Å². The minimum Gasteiger partial charge on any atom is -0.493 e. The van der Waals surface area contributed by atoms with Crippen LogP contribution in [-0.2, 0) is 16.1 Å². The Bertz CT molecular complexity index is 638. The van der Waals surface area contributed by atoms with Gasteiger partial charge in [-0.1, -0.05) is 6.07 Å². The van der Waals surface area contributed by atoms with E-state index in [0.717, 1.165) is 69.8 Å². The Morgan fingerprint density at radius 2 is 2.07 bits per heavy atom.